The Morgan fingerprint density at radius 2 is 2.33 bits per heavy atom. The van der Waals surface area contributed by atoms with E-state index in [0.717, 1.165) is 25.0 Å². The highest BCUT2D eigenvalue weighted by Crippen LogP contribution is 2.42. The standard InChI is InChI=1S/C12H17N5O/c1-17-8-14-6-9(17)11-15-10(18-16-11)5-12(7-13)3-2-4-12/h6,8H,2-5,7,13H2,1H3. The van der Waals surface area contributed by atoms with Crippen molar-refractivity contribution in [2.75, 3.05) is 6.54 Å². The van der Waals surface area contributed by atoms with Crippen LogP contribution in [0, 0.1) is 5.41 Å². The molecule has 96 valence electrons. The molecule has 0 aliphatic heterocycles. The van der Waals surface area contributed by atoms with Crippen molar-refractivity contribution >= 4 is 0 Å². The van der Waals surface area contributed by atoms with Crippen molar-refractivity contribution in [1.82, 2.24) is 19.7 Å². The summed E-state index contributed by atoms with van der Waals surface area (Å²) in [5, 5.41) is 4.01. The average Bonchev–Trinajstić information content (AvgIpc) is 2.92. The van der Waals surface area contributed by atoms with E-state index < -0.39 is 0 Å². The van der Waals surface area contributed by atoms with Gasteiger partial charge >= 0.3 is 0 Å². The summed E-state index contributed by atoms with van der Waals surface area (Å²) in [5.74, 6) is 1.27. The van der Waals surface area contributed by atoms with Gasteiger partial charge in [-0.1, -0.05) is 11.6 Å². The van der Waals surface area contributed by atoms with E-state index in [1.54, 1.807) is 12.5 Å². The fourth-order valence-corrected chi connectivity index (χ4v) is 2.45. The molecule has 0 unspecified atom stereocenters. The van der Waals surface area contributed by atoms with Crippen LogP contribution in [0.15, 0.2) is 17.0 Å². The van der Waals surface area contributed by atoms with Crippen LogP contribution in [0.25, 0.3) is 11.5 Å². The molecule has 0 bridgehead atoms. The Bertz CT molecular complexity index is 535. The Hall–Kier alpha value is -1.69. The summed E-state index contributed by atoms with van der Waals surface area (Å²) in [6.07, 6.45) is 7.81. The smallest absolute Gasteiger partial charge is 0.227 e. The predicted octanol–water partition coefficient (Wildman–Crippen LogP) is 1.14. The van der Waals surface area contributed by atoms with E-state index in [1.165, 1.54) is 6.42 Å². The van der Waals surface area contributed by atoms with Crippen molar-refractivity contribution in [2.24, 2.45) is 18.2 Å². The maximum absolute atomic E-state index is 5.84. The number of hydrogen-bond donors (Lipinski definition) is 1. The highest BCUT2D eigenvalue weighted by Gasteiger charge is 2.37. The first-order valence-electron chi connectivity index (χ1n) is 6.22. The minimum absolute atomic E-state index is 0.191. The topological polar surface area (TPSA) is 82.8 Å². The zero-order valence-electron chi connectivity index (χ0n) is 10.5. The Balaban J connectivity index is 1.80. The molecule has 6 heteroatoms. The summed E-state index contributed by atoms with van der Waals surface area (Å²) in [5.41, 5.74) is 6.89. The zero-order chi connectivity index (χ0) is 12.6. The fraction of sp³-hybridized carbons (Fsp3) is 0.583. The molecule has 0 amide bonds. The van der Waals surface area contributed by atoms with Gasteiger partial charge < -0.3 is 14.8 Å². The normalized spacial score (nSPS) is 17.7. The average molecular weight is 247 g/mol. The van der Waals surface area contributed by atoms with E-state index >= 15 is 0 Å². The highest BCUT2D eigenvalue weighted by molar-refractivity contribution is 5.47. The molecule has 3 rings (SSSR count). The molecular weight excluding hydrogens is 230 g/mol. The van der Waals surface area contributed by atoms with E-state index in [4.69, 9.17) is 10.3 Å². The van der Waals surface area contributed by atoms with Crippen LogP contribution >= 0.6 is 0 Å². The fourth-order valence-electron chi connectivity index (χ4n) is 2.45. The molecule has 2 heterocycles. The number of aromatic nitrogens is 4. The molecule has 1 aliphatic rings. The van der Waals surface area contributed by atoms with Gasteiger partial charge in [-0.3, -0.25) is 0 Å². The first-order chi connectivity index (χ1) is 8.72. The van der Waals surface area contributed by atoms with Crippen LogP contribution in [0.3, 0.4) is 0 Å². The first-order valence-corrected chi connectivity index (χ1v) is 6.22. The summed E-state index contributed by atoms with van der Waals surface area (Å²) >= 11 is 0. The maximum Gasteiger partial charge on any atom is 0.227 e. The van der Waals surface area contributed by atoms with Crippen LogP contribution in [-0.4, -0.2) is 26.2 Å². The molecule has 1 aliphatic carbocycles. The van der Waals surface area contributed by atoms with Crippen LogP contribution in [-0.2, 0) is 13.5 Å². The Labute approximate surface area is 105 Å². The summed E-state index contributed by atoms with van der Waals surface area (Å²) in [4.78, 5) is 8.48. The molecule has 1 fully saturated rings. The molecule has 0 atom stereocenters. The van der Waals surface area contributed by atoms with E-state index in [0.29, 0.717) is 18.3 Å². The summed E-state index contributed by atoms with van der Waals surface area (Å²) < 4.78 is 7.19. The molecule has 2 aromatic heterocycles. The molecule has 2 N–H and O–H groups in total. The summed E-state index contributed by atoms with van der Waals surface area (Å²) in [6.45, 7) is 0.691. The van der Waals surface area contributed by atoms with Crippen LogP contribution in [0.4, 0.5) is 0 Å². The van der Waals surface area contributed by atoms with Gasteiger partial charge in [-0.15, -0.1) is 0 Å². The second-order valence-corrected chi connectivity index (χ2v) is 5.14. The SMILES string of the molecule is Cn1cncc1-c1noc(CC2(CN)CCC2)n1. The molecule has 0 saturated heterocycles. The molecule has 18 heavy (non-hydrogen) atoms. The zero-order valence-corrected chi connectivity index (χ0v) is 10.5. The predicted molar refractivity (Wildman–Crippen MR) is 65.5 cm³/mol. The number of hydrogen-bond acceptors (Lipinski definition) is 5. The number of nitrogens with zero attached hydrogens (tertiary/aromatic N) is 4. The highest BCUT2D eigenvalue weighted by atomic mass is 16.5. The second kappa shape index (κ2) is 4.20. The lowest BCUT2D eigenvalue weighted by molar-refractivity contribution is 0.129. The van der Waals surface area contributed by atoms with Crippen molar-refractivity contribution in [2.45, 2.75) is 25.7 Å². The Morgan fingerprint density at radius 3 is 2.89 bits per heavy atom. The van der Waals surface area contributed by atoms with E-state index in [-0.39, 0.29) is 5.41 Å². The number of aryl methyl sites for hydroxylation is 1. The van der Waals surface area contributed by atoms with Crippen molar-refractivity contribution in [3.05, 3.63) is 18.4 Å². The van der Waals surface area contributed by atoms with Gasteiger partial charge in [0, 0.05) is 13.5 Å². The lowest BCUT2D eigenvalue weighted by atomic mass is 9.67. The Morgan fingerprint density at radius 1 is 1.50 bits per heavy atom. The third-order valence-corrected chi connectivity index (χ3v) is 3.89. The van der Waals surface area contributed by atoms with E-state index in [1.807, 2.05) is 11.6 Å². The van der Waals surface area contributed by atoms with Crippen molar-refractivity contribution in [3.63, 3.8) is 0 Å². The van der Waals surface area contributed by atoms with Crippen LogP contribution in [0.5, 0.6) is 0 Å². The lowest BCUT2D eigenvalue weighted by Crippen LogP contribution is -2.39. The third kappa shape index (κ3) is 1.82. The van der Waals surface area contributed by atoms with Gasteiger partial charge in [0.2, 0.25) is 11.7 Å². The minimum Gasteiger partial charge on any atom is -0.339 e. The van der Waals surface area contributed by atoms with Gasteiger partial charge in [0.05, 0.1) is 12.5 Å². The molecule has 2 aromatic rings. The van der Waals surface area contributed by atoms with Gasteiger partial charge in [-0.25, -0.2) is 4.98 Å². The Kier molecular flexibility index (Phi) is 2.66. The quantitative estimate of drug-likeness (QED) is 0.876. The largest absolute Gasteiger partial charge is 0.339 e. The van der Waals surface area contributed by atoms with Gasteiger partial charge in [-0.2, -0.15) is 4.98 Å². The van der Waals surface area contributed by atoms with Gasteiger partial charge in [-0.05, 0) is 24.8 Å². The molecule has 6 nitrogen and oxygen atoms in total. The molecule has 1 saturated carbocycles. The number of nitrogens with two attached hydrogens (primary N) is 1. The maximum atomic E-state index is 5.84. The van der Waals surface area contributed by atoms with Gasteiger partial charge in [0.1, 0.15) is 5.69 Å². The monoisotopic (exact) mass is 247 g/mol. The van der Waals surface area contributed by atoms with Crippen molar-refractivity contribution in [1.29, 1.82) is 0 Å². The number of rotatable bonds is 4. The minimum atomic E-state index is 0.191. The molecule has 0 radical (unpaired) electrons. The summed E-state index contributed by atoms with van der Waals surface area (Å²) in [6, 6.07) is 0. The van der Waals surface area contributed by atoms with Gasteiger partial charge in [0.15, 0.2) is 0 Å². The van der Waals surface area contributed by atoms with Crippen LogP contribution < -0.4 is 5.73 Å². The molecule has 0 aromatic carbocycles. The number of imidazole rings is 1. The van der Waals surface area contributed by atoms with Crippen molar-refractivity contribution in [3.8, 4) is 11.5 Å². The van der Waals surface area contributed by atoms with Crippen LogP contribution in [0.1, 0.15) is 25.2 Å². The summed E-state index contributed by atoms with van der Waals surface area (Å²) in [7, 11) is 1.91. The third-order valence-electron chi connectivity index (χ3n) is 3.89. The molecular formula is C12H17N5O. The van der Waals surface area contributed by atoms with E-state index in [9.17, 15) is 0 Å². The van der Waals surface area contributed by atoms with Gasteiger partial charge in [0.25, 0.3) is 0 Å². The lowest BCUT2D eigenvalue weighted by Gasteiger charge is -2.39. The first kappa shape index (κ1) is 11.4. The van der Waals surface area contributed by atoms with Crippen LogP contribution in [0.2, 0.25) is 0 Å². The van der Waals surface area contributed by atoms with E-state index in [2.05, 4.69) is 15.1 Å². The second-order valence-electron chi connectivity index (χ2n) is 5.14. The van der Waals surface area contributed by atoms with Crippen molar-refractivity contribution < 1.29 is 4.52 Å². The molecule has 0 spiro atoms.